The summed E-state index contributed by atoms with van der Waals surface area (Å²) in [5.74, 6) is 0. The molecule has 0 heterocycles. The number of hydrogen-bond donors (Lipinski definition) is 0. The van der Waals surface area contributed by atoms with Gasteiger partial charge in [-0.05, 0) is 0 Å². The molecule has 3 aromatic rings. The Bertz CT molecular complexity index is 1640. The van der Waals surface area contributed by atoms with Crippen LogP contribution in [-0.4, -0.2) is 4.26 Å². The summed E-state index contributed by atoms with van der Waals surface area (Å²) in [6.07, 6.45) is 11.3. The third kappa shape index (κ3) is 3.90. The summed E-state index contributed by atoms with van der Waals surface area (Å²) < 4.78 is 6.43. The zero-order valence-electron chi connectivity index (χ0n) is 25.0. The third-order valence-corrected chi connectivity index (χ3v) is 57.6. The van der Waals surface area contributed by atoms with Crippen molar-refractivity contribution < 1.29 is 12.7 Å². The van der Waals surface area contributed by atoms with Gasteiger partial charge in [0.25, 0.3) is 0 Å². The van der Waals surface area contributed by atoms with E-state index in [0.717, 1.165) is 3.32 Å². The second kappa shape index (κ2) is 8.40. The Morgan fingerprint density at radius 2 is 1.23 bits per heavy atom. The second-order valence-electron chi connectivity index (χ2n) is 15.1. The topological polar surface area (TPSA) is 0 Å². The Morgan fingerprint density at radius 1 is 0.750 bits per heavy atom. The molecule has 0 atom stereocenters. The molecule has 0 aromatic heterocycles. The van der Waals surface area contributed by atoms with Crippen LogP contribution in [0.3, 0.4) is 0 Å². The van der Waals surface area contributed by atoms with Crippen molar-refractivity contribution in [1.82, 2.24) is 0 Å². The van der Waals surface area contributed by atoms with Crippen LogP contribution in [0, 0.1) is 0 Å². The molecule has 0 saturated heterocycles. The Labute approximate surface area is 243 Å². The molecule has 40 heavy (non-hydrogen) atoms. The number of hydrogen-bond acceptors (Lipinski definition) is 0. The molecule has 0 amide bonds. The van der Waals surface area contributed by atoms with Crippen molar-refractivity contribution >= 4 is 24.7 Å². The van der Waals surface area contributed by atoms with Gasteiger partial charge < -0.3 is 0 Å². The van der Waals surface area contributed by atoms with Gasteiger partial charge in [-0.3, -0.25) is 0 Å². The SMILES string of the molecule is C=CC[CH2][Hf](=[CH2])([Cl])([Cl])([c]1ccccc1)([CH]1C=CC=C1)[CH]1c2cc(C(C)(C)C)ccc2-c2ccc(C(C)(C)C)cc21. The number of halogens is 2. The molecular weight excluding hydrogens is 694 g/mol. The molecule has 0 spiro atoms. The molecule has 0 N–H and O–H groups in total. The fourth-order valence-corrected chi connectivity index (χ4v) is 48.0. The van der Waals surface area contributed by atoms with Crippen molar-refractivity contribution in [3.05, 3.63) is 126 Å². The third-order valence-electron chi connectivity index (χ3n) is 10.4. The molecule has 3 aromatic carbocycles. The monoisotopic (exact) mass is 738 g/mol. The summed E-state index contributed by atoms with van der Waals surface area (Å²) in [5.41, 5.74) is 7.34. The van der Waals surface area contributed by atoms with Crippen molar-refractivity contribution in [3.63, 3.8) is 0 Å². The first-order valence-electron chi connectivity index (χ1n) is 14.6. The van der Waals surface area contributed by atoms with E-state index in [4.69, 9.17) is 21.4 Å². The van der Waals surface area contributed by atoms with Gasteiger partial charge in [0.15, 0.2) is 0 Å². The Kier molecular flexibility index (Phi) is 6.23. The fourth-order valence-electron chi connectivity index (χ4n) is 7.81. The van der Waals surface area contributed by atoms with Gasteiger partial charge in [0.2, 0.25) is 0 Å². The van der Waals surface area contributed by atoms with Gasteiger partial charge in [-0.25, -0.2) is 0 Å². The first-order valence-corrected chi connectivity index (χ1v) is 34.5. The van der Waals surface area contributed by atoms with E-state index in [1.54, 1.807) is 0 Å². The second-order valence-corrected chi connectivity index (χ2v) is 69.5. The molecule has 210 valence electrons. The standard InChI is InChI=1S/C21H25.C6H5.C5H5.C4H7.CH2.2ClH.Hf/c1-20(2,3)16-7-9-18-14(12-16)11-15-13-17(21(4,5)6)8-10-19(15)18;1-2-4-6-5-3-1;1-2-4-5-3-1;1-3-4-2;;;;/h7-13H,1-6H3;1-5H;1-5H;3H,1-2,4H2;1H2;2*1H;/q;;;;;;;+2/p-2. The summed E-state index contributed by atoms with van der Waals surface area (Å²) in [6.45, 7) is 17.7. The molecular formula is C37H44Cl2Hf. The van der Waals surface area contributed by atoms with E-state index in [-0.39, 0.29) is 18.2 Å². The minimum absolute atomic E-state index is 0.0316. The normalized spacial score (nSPS) is 18.4. The quantitative estimate of drug-likeness (QED) is 0.175. The number of rotatable bonds is 6. The van der Waals surface area contributed by atoms with Crippen LogP contribution in [-0.2, 0) is 23.5 Å². The van der Waals surface area contributed by atoms with Gasteiger partial charge in [-0.2, -0.15) is 0 Å². The van der Waals surface area contributed by atoms with Gasteiger partial charge in [0, 0.05) is 0 Å². The van der Waals surface area contributed by atoms with Crippen LogP contribution >= 0.6 is 17.2 Å². The fraction of sp³-hybridized carbons (Fsp3) is 0.324. The Balaban J connectivity index is 2.06. The average molecular weight is 738 g/mol. The van der Waals surface area contributed by atoms with E-state index in [9.17, 15) is 0 Å². The van der Waals surface area contributed by atoms with Gasteiger partial charge in [0.05, 0.1) is 0 Å². The van der Waals surface area contributed by atoms with Gasteiger partial charge in [-0.15, -0.1) is 0 Å². The van der Waals surface area contributed by atoms with Crippen molar-refractivity contribution in [2.75, 3.05) is 0 Å². The van der Waals surface area contributed by atoms with Crippen molar-refractivity contribution in [3.8, 4) is 11.1 Å². The predicted octanol–water partition coefficient (Wildman–Crippen LogP) is 11.1. The molecule has 0 nitrogen and oxygen atoms in total. The maximum absolute atomic E-state index is 8.92. The Morgan fingerprint density at radius 3 is 1.65 bits per heavy atom. The van der Waals surface area contributed by atoms with Crippen LogP contribution in [0.2, 0.25) is 7.85 Å². The number of benzene rings is 3. The molecule has 0 saturated carbocycles. The first-order chi connectivity index (χ1) is 18.4. The van der Waals surface area contributed by atoms with Gasteiger partial charge in [0.1, 0.15) is 0 Å². The molecule has 3 heteroatoms. The van der Waals surface area contributed by atoms with Gasteiger partial charge >= 0.3 is 245 Å². The molecule has 0 unspecified atom stereocenters. The molecule has 0 radical (unpaired) electrons. The molecule has 2 aliphatic rings. The van der Waals surface area contributed by atoms with Crippen LogP contribution < -0.4 is 3.32 Å². The zero-order valence-corrected chi connectivity index (χ0v) is 30.1. The van der Waals surface area contributed by atoms with Crippen LogP contribution in [0.25, 0.3) is 11.1 Å². The molecule has 0 fully saturated rings. The van der Waals surface area contributed by atoms with E-state index in [0.29, 0.717) is 10.6 Å². The number of fused-ring (bicyclic) bond motifs is 3. The predicted molar refractivity (Wildman–Crippen MR) is 178 cm³/mol. The van der Waals surface area contributed by atoms with Gasteiger partial charge in [-0.1, -0.05) is 0 Å². The summed E-state index contributed by atoms with van der Waals surface area (Å²) in [6, 6.07) is 24.4. The van der Waals surface area contributed by atoms with Crippen LogP contribution in [0.5, 0.6) is 0 Å². The zero-order chi connectivity index (χ0) is 29.3. The molecule has 0 aliphatic heterocycles. The van der Waals surface area contributed by atoms with Crippen LogP contribution in [0.15, 0.2) is 104 Å². The van der Waals surface area contributed by atoms with E-state index in [1.165, 1.54) is 33.4 Å². The summed E-state index contributed by atoms with van der Waals surface area (Å²) >= 11 is -6.75. The summed E-state index contributed by atoms with van der Waals surface area (Å²) in [5, 5.41) is 0. The average Bonchev–Trinajstić information content (AvgIpc) is 3.55. The van der Waals surface area contributed by atoms with Crippen LogP contribution in [0.4, 0.5) is 0 Å². The van der Waals surface area contributed by atoms with Crippen molar-refractivity contribution in [1.29, 1.82) is 0 Å². The van der Waals surface area contributed by atoms with Crippen molar-refractivity contribution in [2.24, 2.45) is 0 Å². The van der Waals surface area contributed by atoms with E-state index in [1.807, 2.05) is 12.1 Å². The molecule has 2 aliphatic carbocycles. The summed E-state index contributed by atoms with van der Waals surface area (Å²) in [4.78, 5) is 0. The van der Waals surface area contributed by atoms with E-state index in [2.05, 4.69) is 133 Å². The molecule has 0 bridgehead atoms. The molecule has 5 rings (SSSR count). The number of allylic oxidation sites excluding steroid dienone is 5. The summed E-state index contributed by atoms with van der Waals surface area (Å²) in [7, 11) is 17.8. The van der Waals surface area contributed by atoms with E-state index >= 15 is 0 Å². The Hall–Kier alpha value is -1.80. The van der Waals surface area contributed by atoms with E-state index < -0.39 is 12.7 Å². The minimum atomic E-state index is -6.75. The van der Waals surface area contributed by atoms with Crippen molar-refractivity contribution in [2.45, 2.75) is 70.3 Å². The first kappa shape index (κ1) is 29.7. The maximum atomic E-state index is 8.92. The van der Waals surface area contributed by atoms with Crippen LogP contribution in [0.1, 0.15) is 73.9 Å².